The highest BCUT2D eigenvalue weighted by atomic mass is 16.5. The molecule has 1 fully saturated rings. The summed E-state index contributed by atoms with van der Waals surface area (Å²) >= 11 is 0. The van der Waals surface area contributed by atoms with Crippen LogP contribution >= 0.6 is 0 Å². The van der Waals surface area contributed by atoms with E-state index in [4.69, 9.17) is 4.74 Å². The topological polar surface area (TPSA) is 70.0 Å². The third-order valence-corrected chi connectivity index (χ3v) is 4.76. The van der Waals surface area contributed by atoms with Crippen LogP contribution in [0.2, 0.25) is 0 Å². The van der Waals surface area contributed by atoms with Crippen molar-refractivity contribution in [2.24, 2.45) is 5.92 Å². The summed E-state index contributed by atoms with van der Waals surface area (Å²) in [4.78, 5) is 13.1. The molecule has 24 heavy (non-hydrogen) atoms. The highest BCUT2D eigenvalue weighted by molar-refractivity contribution is 5.76. The van der Waals surface area contributed by atoms with Gasteiger partial charge in [-0.05, 0) is 31.0 Å². The Morgan fingerprint density at radius 3 is 2.33 bits per heavy atom. The van der Waals surface area contributed by atoms with Gasteiger partial charge in [0.15, 0.2) is 5.78 Å². The minimum atomic E-state index is -0.474. The smallest absolute Gasteiger partial charge is 0.155 e. The zero-order valence-corrected chi connectivity index (χ0v) is 14.8. The van der Waals surface area contributed by atoms with Gasteiger partial charge in [-0.1, -0.05) is 26.0 Å². The van der Waals surface area contributed by atoms with E-state index in [1.807, 2.05) is 31.2 Å². The van der Waals surface area contributed by atoms with E-state index in [1.54, 1.807) is 0 Å². The molecule has 2 N–H and O–H groups in total. The van der Waals surface area contributed by atoms with E-state index in [1.165, 1.54) is 6.92 Å². The van der Waals surface area contributed by atoms with Gasteiger partial charge in [-0.25, -0.2) is 0 Å². The van der Waals surface area contributed by atoms with Crippen molar-refractivity contribution in [3.8, 4) is 0 Å². The van der Waals surface area contributed by atoms with Crippen LogP contribution in [0.5, 0.6) is 0 Å². The maximum absolute atomic E-state index is 10.9. The standard InChI is InChI=1S/C19H29NO4/c1-4-9-20(10-11-24-12-13(2)21)16-7-5-15(6-8-16)17-18(22)14(3)19(17)23/h5-8,14,17-19,22-23H,4,9-12H2,1-3H3. The number of hydrogen-bond acceptors (Lipinski definition) is 5. The lowest BCUT2D eigenvalue weighted by molar-refractivity contribution is -0.121. The minimum absolute atomic E-state index is 0.0354. The number of ketones is 1. The van der Waals surface area contributed by atoms with Crippen molar-refractivity contribution in [2.45, 2.75) is 45.3 Å². The summed E-state index contributed by atoms with van der Waals surface area (Å²) in [5.74, 6) is -0.217. The Labute approximate surface area is 144 Å². The van der Waals surface area contributed by atoms with Crippen LogP contribution in [0.25, 0.3) is 0 Å². The van der Waals surface area contributed by atoms with Crippen molar-refractivity contribution in [1.29, 1.82) is 0 Å². The summed E-state index contributed by atoms with van der Waals surface area (Å²) < 4.78 is 5.36. The van der Waals surface area contributed by atoms with E-state index in [2.05, 4.69) is 11.8 Å². The number of Topliss-reactive ketones (excluding diaryl/α,β-unsaturated/α-hetero) is 1. The number of carbonyl (C=O) groups is 1. The molecule has 1 aliphatic carbocycles. The molecule has 2 rings (SSSR count). The molecule has 1 aromatic carbocycles. The number of hydrogen-bond donors (Lipinski definition) is 2. The molecule has 0 amide bonds. The maximum atomic E-state index is 10.9. The first-order chi connectivity index (χ1) is 11.5. The van der Waals surface area contributed by atoms with Gasteiger partial charge in [0.1, 0.15) is 6.61 Å². The van der Waals surface area contributed by atoms with Gasteiger partial charge in [0.25, 0.3) is 0 Å². The second-order valence-corrected chi connectivity index (χ2v) is 6.70. The SMILES string of the molecule is CCCN(CCOCC(C)=O)c1ccc(C2C(O)C(C)C2O)cc1. The van der Waals surface area contributed by atoms with E-state index in [-0.39, 0.29) is 24.2 Å². The summed E-state index contributed by atoms with van der Waals surface area (Å²) in [6, 6.07) is 8.02. The maximum Gasteiger partial charge on any atom is 0.155 e. The van der Waals surface area contributed by atoms with Crippen LogP contribution in [0, 0.1) is 5.92 Å². The molecule has 0 aliphatic heterocycles. The summed E-state index contributed by atoms with van der Waals surface area (Å²) in [5, 5.41) is 20.1. The lowest BCUT2D eigenvalue weighted by Gasteiger charge is -2.45. The Hall–Kier alpha value is -1.43. The van der Waals surface area contributed by atoms with Crippen molar-refractivity contribution < 1.29 is 19.7 Å². The zero-order chi connectivity index (χ0) is 17.7. The Balaban J connectivity index is 1.96. The second kappa shape index (κ2) is 8.60. The Kier molecular flexibility index (Phi) is 6.78. The van der Waals surface area contributed by atoms with Crippen molar-refractivity contribution in [3.05, 3.63) is 29.8 Å². The summed E-state index contributed by atoms with van der Waals surface area (Å²) in [6.07, 6.45) is 0.0709. The average Bonchev–Trinajstić information content (AvgIpc) is 2.58. The van der Waals surface area contributed by atoms with Crippen molar-refractivity contribution >= 4 is 11.5 Å². The number of rotatable bonds is 9. The van der Waals surface area contributed by atoms with Crippen molar-refractivity contribution in [1.82, 2.24) is 0 Å². The fourth-order valence-electron chi connectivity index (χ4n) is 3.24. The lowest BCUT2D eigenvalue weighted by Crippen LogP contribution is -2.51. The van der Waals surface area contributed by atoms with Crippen LogP contribution < -0.4 is 4.90 Å². The number of benzene rings is 1. The van der Waals surface area contributed by atoms with Crippen LogP contribution in [0.4, 0.5) is 5.69 Å². The molecule has 134 valence electrons. The number of aliphatic hydroxyl groups excluding tert-OH is 2. The van der Waals surface area contributed by atoms with Crippen LogP contribution in [0.3, 0.4) is 0 Å². The van der Waals surface area contributed by atoms with E-state index in [0.29, 0.717) is 6.61 Å². The quantitative estimate of drug-likeness (QED) is 0.675. The molecule has 0 saturated heterocycles. The zero-order valence-electron chi connectivity index (χ0n) is 14.8. The Morgan fingerprint density at radius 1 is 1.17 bits per heavy atom. The van der Waals surface area contributed by atoms with Gasteiger partial charge >= 0.3 is 0 Å². The van der Waals surface area contributed by atoms with Gasteiger partial charge in [-0.15, -0.1) is 0 Å². The summed E-state index contributed by atoms with van der Waals surface area (Å²) in [7, 11) is 0. The predicted octanol–water partition coefficient (Wildman–Crippen LogP) is 1.96. The van der Waals surface area contributed by atoms with Crippen LogP contribution in [0.15, 0.2) is 24.3 Å². The van der Waals surface area contributed by atoms with Gasteiger partial charge in [0, 0.05) is 30.6 Å². The first-order valence-electron chi connectivity index (χ1n) is 8.74. The number of anilines is 1. The van der Waals surface area contributed by atoms with Crippen LogP contribution in [-0.4, -0.2) is 54.5 Å². The average molecular weight is 335 g/mol. The molecule has 1 aliphatic rings. The van der Waals surface area contributed by atoms with Gasteiger partial charge in [0.05, 0.1) is 18.8 Å². The highest BCUT2D eigenvalue weighted by Gasteiger charge is 2.46. The predicted molar refractivity (Wildman–Crippen MR) is 94.4 cm³/mol. The number of ether oxygens (including phenoxy) is 1. The molecule has 0 spiro atoms. The van der Waals surface area contributed by atoms with Crippen LogP contribution in [-0.2, 0) is 9.53 Å². The minimum Gasteiger partial charge on any atom is -0.392 e. The van der Waals surface area contributed by atoms with Crippen LogP contribution in [0.1, 0.15) is 38.7 Å². The first kappa shape index (κ1) is 18.9. The molecule has 5 nitrogen and oxygen atoms in total. The number of carbonyl (C=O) groups excluding carboxylic acids is 1. The summed E-state index contributed by atoms with van der Waals surface area (Å²) in [6.45, 7) is 7.82. The fraction of sp³-hybridized carbons (Fsp3) is 0.632. The number of aliphatic hydroxyl groups is 2. The molecule has 1 saturated carbocycles. The van der Waals surface area contributed by atoms with Gasteiger partial charge < -0.3 is 19.8 Å². The molecular weight excluding hydrogens is 306 g/mol. The Morgan fingerprint density at radius 2 is 1.79 bits per heavy atom. The van der Waals surface area contributed by atoms with Gasteiger partial charge in [-0.2, -0.15) is 0 Å². The highest BCUT2D eigenvalue weighted by Crippen LogP contribution is 2.42. The summed E-state index contributed by atoms with van der Waals surface area (Å²) in [5.41, 5.74) is 2.06. The third-order valence-electron chi connectivity index (χ3n) is 4.76. The molecule has 1 aromatic rings. The molecule has 2 atom stereocenters. The van der Waals surface area contributed by atoms with E-state index >= 15 is 0 Å². The van der Waals surface area contributed by atoms with Crippen molar-refractivity contribution in [3.63, 3.8) is 0 Å². The Bertz CT molecular complexity index is 521. The molecule has 0 heterocycles. The fourth-order valence-corrected chi connectivity index (χ4v) is 3.24. The van der Waals surface area contributed by atoms with E-state index in [0.717, 1.165) is 30.8 Å². The molecule has 0 aromatic heterocycles. The molecule has 2 unspecified atom stereocenters. The molecule has 5 heteroatoms. The van der Waals surface area contributed by atoms with Crippen molar-refractivity contribution in [2.75, 3.05) is 31.2 Å². The molecule has 0 radical (unpaired) electrons. The van der Waals surface area contributed by atoms with E-state index in [9.17, 15) is 15.0 Å². The second-order valence-electron chi connectivity index (χ2n) is 6.70. The first-order valence-corrected chi connectivity index (χ1v) is 8.74. The third kappa shape index (κ3) is 4.35. The van der Waals surface area contributed by atoms with Gasteiger partial charge in [-0.3, -0.25) is 4.79 Å². The number of nitrogens with zero attached hydrogens (tertiary/aromatic N) is 1. The molecular formula is C19H29NO4. The lowest BCUT2D eigenvalue weighted by atomic mass is 9.67. The van der Waals surface area contributed by atoms with Gasteiger partial charge in [0.2, 0.25) is 0 Å². The molecule has 0 bridgehead atoms. The largest absolute Gasteiger partial charge is 0.392 e. The van der Waals surface area contributed by atoms with E-state index < -0.39 is 12.2 Å². The monoisotopic (exact) mass is 335 g/mol. The normalized spacial score (nSPS) is 26.0.